The van der Waals surface area contributed by atoms with Gasteiger partial charge in [0.1, 0.15) is 6.26 Å². The molecular weight excluding hydrogens is 168 g/mol. The van der Waals surface area contributed by atoms with Crippen molar-refractivity contribution in [3.8, 4) is 11.6 Å². The smallest absolute Gasteiger partial charge is 0.259 e. The van der Waals surface area contributed by atoms with E-state index in [4.69, 9.17) is 10.5 Å². The Labute approximate surface area is 74.9 Å². The van der Waals surface area contributed by atoms with Gasteiger partial charge in [0.2, 0.25) is 0 Å². The molecule has 0 amide bonds. The van der Waals surface area contributed by atoms with Crippen LogP contribution in [0.4, 0.5) is 5.69 Å². The number of benzene rings is 1. The zero-order valence-electron chi connectivity index (χ0n) is 6.81. The van der Waals surface area contributed by atoms with Gasteiger partial charge in [-0.05, 0) is 17.3 Å². The lowest BCUT2D eigenvalue weighted by Crippen LogP contribution is -1.90. The summed E-state index contributed by atoms with van der Waals surface area (Å²) in [6.07, 6.45) is 1.44. The molecule has 0 radical (unpaired) electrons. The first-order valence-corrected chi connectivity index (χ1v) is 3.79. The third-order valence-corrected chi connectivity index (χ3v) is 1.55. The zero-order valence-corrected chi connectivity index (χ0v) is 6.81. The molecule has 2 aromatic rings. The molecule has 0 atom stereocenters. The van der Waals surface area contributed by atoms with Crippen molar-refractivity contribution in [1.29, 1.82) is 0 Å². The van der Waals surface area contributed by atoms with Gasteiger partial charge in [-0.25, -0.2) is 0 Å². The Hall–Kier alpha value is -1.97. The predicted molar refractivity (Wildman–Crippen MR) is 47.4 cm³/mol. The second kappa shape index (κ2) is 3.18. The van der Waals surface area contributed by atoms with Crippen molar-refractivity contribution in [2.24, 2.45) is 0 Å². The average molecular weight is 176 g/mol. The van der Waals surface area contributed by atoms with Gasteiger partial charge in [-0.1, -0.05) is 12.1 Å². The molecule has 0 aliphatic heterocycles. The Balaban J connectivity index is 2.24. The first-order valence-electron chi connectivity index (χ1n) is 3.79. The highest BCUT2D eigenvalue weighted by molar-refractivity contribution is 5.52. The minimum Gasteiger partial charge on any atom is -0.434 e. The summed E-state index contributed by atoms with van der Waals surface area (Å²) in [6, 6.07) is 8.82. The molecule has 2 rings (SSSR count). The first kappa shape index (κ1) is 7.67. The molecule has 4 nitrogen and oxygen atoms in total. The minimum atomic E-state index is 0.401. The fourth-order valence-electron chi connectivity index (χ4n) is 0.940. The Morgan fingerprint density at radius 3 is 2.77 bits per heavy atom. The van der Waals surface area contributed by atoms with Gasteiger partial charge >= 0.3 is 0 Å². The molecule has 0 saturated heterocycles. The molecular formula is C9H8N2O2. The molecule has 1 aromatic carbocycles. The molecule has 66 valence electrons. The quantitative estimate of drug-likeness (QED) is 0.711. The number of hydrogen-bond acceptors (Lipinski definition) is 4. The fourth-order valence-corrected chi connectivity index (χ4v) is 0.940. The monoisotopic (exact) mass is 176 g/mol. The van der Waals surface area contributed by atoms with Gasteiger partial charge < -0.3 is 15.0 Å². The third-order valence-electron chi connectivity index (χ3n) is 1.55. The molecule has 0 aliphatic rings. The molecule has 0 fully saturated rings. The number of rotatable bonds is 2. The van der Waals surface area contributed by atoms with Crippen LogP contribution in [0.15, 0.2) is 41.1 Å². The van der Waals surface area contributed by atoms with Crippen molar-refractivity contribution in [1.82, 2.24) is 5.16 Å². The van der Waals surface area contributed by atoms with Crippen LogP contribution in [0.25, 0.3) is 0 Å². The van der Waals surface area contributed by atoms with Crippen molar-refractivity contribution in [3.05, 3.63) is 36.6 Å². The van der Waals surface area contributed by atoms with E-state index in [9.17, 15) is 0 Å². The van der Waals surface area contributed by atoms with Gasteiger partial charge in [-0.2, -0.15) is 0 Å². The Bertz CT molecular complexity index is 384. The van der Waals surface area contributed by atoms with Gasteiger partial charge in [0.25, 0.3) is 5.88 Å². The van der Waals surface area contributed by atoms with Crippen LogP contribution in [0.1, 0.15) is 0 Å². The van der Waals surface area contributed by atoms with E-state index in [1.807, 2.05) is 12.1 Å². The lowest BCUT2D eigenvalue weighted by Gasteiger charge is -2.03. The fraction of sp³-hybridized carbons (Fsp3) is 0. The van der Waals surface area contributed by atoms with Crippen LogP contribution in [0, 0.1) is 0 Å². The number of anilines is 1. The molecule has 0 spiro atoms. The topological polar surface area (TPSA) is 61.3 Å². The highest BCUT2D eigenvalue weighted by Crippen LogP contribution is 2.25. The number of para-hydroxylation sites is 2. The highest BCUT2D eigenvalue weighted by Gasteiger charge is 2.01. The maximum absolute atomic E-state index is 5.65. The second-order valence-corrected chi connectivity index (χ2v) is 2.48. The Morgan fingerprint density at radius 1 is 1.23 bits per heavy atom. The molecule has 0 unspecified atom stereocenters. The average Bonchev–Trinajstić information content (AvgIpc) is 2.61. The van der Waals surface area contributed by atoms with Crippen LogP contribution in [0.2, 0.25) is 0 Å². The summed E-state index contributed by atoms with van der Waals surface area (Å²) in [6.45, 7) is 0. The summed E-state index contributed by atoms with van der Waals surface area (Å²) in [5.41, 5.74) is 6.23. The van der Waals surface area contributed by atoms with Gasteiger partial charge in [0.15, 0.2) is 5.75 Å². The summed E-state index contributed by atoms with van der Waals surface area (Å²) in [4.78, 5) is 0. The van der Waals surface area contributed by atoms with E-state index < -0.39 is 0 Å². The number of nitrogens with zero attached hydrogens (tertiary/aromatic N) is 1. The summed E-state index contributed by atoms with van der Waals surface area (Å²) in [7, 11) is 0. The maximum atomic E-state index is 5.65. The number of nitrogens with two attached hydrogens (primary N) is 1. The van der Waals surface area contributed by atoms with Gasteiger partial charge in [-0.15, -0.1) is 0 Å². The van der Waals surface area contributed by atoms with Gasteiger partial charge in [0, 0.05) is 6.07 Å². The predicted octanol–water partition coefficient (Wildman–Crippen LogP) is 2.05. The van der Waals surface area contributed by atoms with E-state index in [0.717, 1.165) is 0 Å². The molecule has 4 heteroatoms. The molecule has 0 saturated carbocycles. The molecule has 0 bridgehead atoms. The van der Waals surface area contributed by atoms with E-state index in [2.05, 4.69) is 9.68 Å². The van der Waals surface area contributed by atoms with Crippen LogP contribution in [-0.4, -0.2) is 5.16 Å². The van der Waals surface area contributed by atoms with E-state index in [1.165, 1.54) is 6.26 Å². The van der Waals surface area contributed by atoms with E-state index >= 15 is 0 Å². The highest BCUT2D eigenvalue weighted by atomic mass is 16.5. The van der Waals surface area contributed by atoms with Crippen molar-refractivity contribution in [3.63, 3.8) is 0 Å². The van der Waals surface area contributed by atoms with Crippen molar-refractivity contribution < 1.29 is 9.26 Å². The van der Waals surface area contributed by atoms with Crippen LogP contribution in [-0.2, 0) is 0 Å². The number of aromatic nitrogens is 1. The maximum Gasteiger partial charge on any atom is 0.259 e. The molecule has 1 aromatic heterocycles. The Morgan fingerprint density at radius 2 is 2.08 bits per heavy atom. The zero-order chi connectivity index (χ0) is 9.10. The lowest BCUT2D eigenvalue weighted by atomic mass is 10.3. The first-order chi connectivity index (χ1) is 6.36. The van der Waals surface area contributed by atoms with Crippen molar-refractivity contribution >= 4 is 5.69 Å². The van der Waals surface area contributed by atoms with E-state index in [-0.39, 0.29) is 0 Å². The SMILES string of the molecule is Nc1ccccc1Oc1ccon1. The summed E-state index contributed by atoms with van der Waals surface area (Å²) < 4.78 is 9.93. The van der Waals surface area contributed by atoms with Crippen LogP contribution in [0.3, 0.4) is 0 Å². The Kier molecular flexibility index (Phi) is 1.88. The molecule has 13 heavy (non-hydrogen) atoms. The summed E-state index contributed by atoms with van der Waals surface area (Å²) >= 11 is 0. The van der Waals surface area contributed by atoms with E-state index in [1.54, 1.807) is 18.2 Å². The van der Waals surface area contributed by atoms with Crippen LogP contribution in [0.5, 0.6) is 11.6 Å². The van der Waals surface area contributed by atoms with E-state index in [0.29, 0.717) is 17.3 Å². The number of hydrogen-bond donors (Lipinski definition) is 1. The van der Waals surface area contributed by atoms with Crippen LogP contribution < -0.4 is 10.5 Å². The van der Waals surface area contributed by atoms with Crippen molar-refractivity contribution in [2.75, 3.05) is 5.73 Å². The van der Waals surface area contributed by atoms with Gasteiger partial charge in [0.05, 0.1) is 5.69 Å². The minimum absolute atomic E-state index is 0.401. The van der Waals surface area contributed by atoms with Gasteiger partial charge in [-0.3, -0.25) is 0 Å². The summed E-state index contributed by atoms with van der Waals surface area (Å²) in [5, 5.41) is 3.60. The summed E-state index contributed by atoms with van der Waals surface area (Å²) in [5.74, 6) is 0.981. The largest absolute Gasteiger partial charge is 0.434 e. The lowest BCUT2D eigenvalue weighted by molar-refractivity contribution is 0.367. The normalized spacial score (nSPS) is 9.85. The molecule has 1 heterocycles. The second-order valence-electron chi connectivity index (χ2n) is 2.48. The number of ether oxygens (including phenoxy) is 1. The molecule has 0 aliphatic carbocycles. The van der Waals surface area contributed by atoms with Crippen molar-refractivity contribution in [2.45, 2.75) is 0 Å². The standard InChI is InChI=1S/C9H8N2O2/c10-7-3-1-2-4-8(7)13-9-5-6-12-11-9/h1-6H,10H2. The molecule has 2 N–H and O–H groups in total. The van der Waals surface area contributed by atoms with Crippen LogP contribution >= 0.6 is 0 Å². The third kappa shape index (κ3) is 1.61. The number of nitrogen functional groups attached to an aromatic ring is 1.